The van der Waals surface area contributed by atoms with Gasteiger partial charge in [0.2, 0.25) is 12.7 Å². The van der Waals surface area contributed by atoms with E-state index in [-0.39, 0.29) is 76.8 Å². The molecule has 4 rings (SSSR count). The van der Waals surface area contributed by atoms with Crippen molar-refractivity contribution in [2.45, 2.75) is 37.0 Å². The molecule has 3 aromatic carbocycles. The topological polar surface area (TPSA) is 90.9 Å². The Morgan fingerprint density at radius 3 is 2.37 bits per heavy atom. The van der Waals surface area contributed by atoms with Gasteiger partial charge in [-0.05, 0) is 65.4 Å². The zero-order valence-corrected chi connectivity index (χ0v) is 24.2. The Morgan fingerprint density at radius 1 is 1.00 bits per heavy atom. The van der Waals surface area contributed by atoms with Crippen molar-refractivity contribution in [3.63, 3.8) is 0 Å². The van der Waals surface area contributed by atoms with Gasteiger partial charge >= 0.3 is 51.4 Å². The minimum atomic E-state index is -4.05. The number of carbonyl (C=O) groups excluding carboxylic acids is 1. The maximum atomic E-state index is 13.4. The number of nitrogens with one attached hydrogen (secondary N) is 1. The summed E-state index contributed by atoms with van der Waals surface area (Å²) in [5, 5.41) is 0. The summed E-state index contributed by atoms with van der Waals surface area (Å²) in [6, 6.07) is 19.1. The molecule has 9 heteroatoms. The average molecular weight is 522 g/mol. The molecule has 180 valence electrons. The largest absolute Gasteiger partial charge is 1.00 e. The number of hydrogen-bond acceptors (Lipinski definition) is 6. The monoisotopic (exact) mass is 521 g/mol. The summed E-state index contributed by atoms with van der Waals surface area (Å²) in [7, 11) is -2.48. The number of benzene rings is 3. The fourth-order valence-electron chi connectivity index (χ4n) is 3.82. The Hall–Kier alpha value is -1.88. The number of hydrogen-bond donors (Lipinski definition) is 1. The van der Waals surface area contributed by atoms with E-state index < -0.39 is 21.8 Å². The minimum absolute atomic E-state index is 0. The van der Waals surface area contributed by atoms with Crippen molar-refractivity contribution in [2.75, 3.05) is 13.9 Å². The normalized spacial score (nSPS) is 13.1. The molecule has 0 bridgehead atoms. The van der Waals surface area contributed by atoms with E-state index in [1.54, 1.807) is 37.4 Å². The van der Waals surface area contributed by atoms with Gasteiger partial charge in [0.25, 0.3) is 10.0 Å². The van der Waals surface area contributed by atoms with Gasteiger partial charge in [-0.2, -0.15) is 0 Å². The van der Waals surface area contributed by atoms with Crippen LogP contribution in [0, 0.1) is 0 Å². The van der Waals surface area contributed by atoms with Crippen LogP contribution in [-0.2, 0) is 21.2 Å². The number of carbonyl (C=O) groups is 1. The molecule has 0 radical (unpaired) electrons. The number of rotatable bonds is 8. The molecule has 0 aliphatic carbocycles. The molecule has 0 spiro atoms. The Kier molecular flexibility index (Phi) is 9.42. The summed E-state index contributed by atoms with van der Waals surface area (Å²) in [5.41, 5.74) is 2.47. The molecule has 1 unspecified atom stereocenters. The maximum Gasteiger partial charge on any atom is 1.00 e. The molecule has 1 heterocycles. The smallest absolute Gasteiger partial charge is 1.00 e. The first-order valence-corrected chi connectivity index (χ1v) is 12.4. The molecule has 0 aromatic heterocycles. The molecule has 35 heavy (non-hydrogen) atoms. The van der Waals surface area contributed by atoms with Gasteiger partial charge in [0.1, 0.15) is 5.75 Å². The van der Waals surface area contributed by atoms with Gasteiger partial charge in [0.15, 0.2) is 11.5 Å². The molecule has 3 aromatic rings. The van der Waals surface area contributed by atoms with Gasteiger partial charge in [-0.25, -0.2) is 13.1 Å². The molecule has 0 saturated carbocycles. The van der Waals surface area contributed by atoms with Gasteiger partial charge in [-0.1, -0.05) is 44.2 Å². The van der Waals surface area contributed by atoms with Crippen LogP contribution in [-0.4, -0.2) is 28.2 Å². The quantitative estimate of drug-likeness (QED) is 0.452. The molecule has 0 fully saturated rings. The summed E-state index contributed by atoms with van der Waals surface area (Å²) in [4.78, 5) is 13.4. The average Bonchev–Trinajstić information content (AvgIpc) is 3.30. The molecule has 1 atom stereocenters. The third-order valence-electron chi connectivity index (χ3n) is 5.78. The zero-order chi connectivity index (χ0) is 24.3. The van der Waals surface area contributed by atoms with Crippen molar-refractivity contribution in [1.29, 1.82) is 0 Å². The predicted molar refractivity (Wildman–Crippen MR) is 129 cm³/mol. The van der Waals surface area contributed by atoms with Crippen LogP contribution < -0.4 is 70.3 Å². The summed E-state index contributed by atoms with van der Waals surface area (Å²) < 4.78 is 44.4. The first-order valence-electron chi connectivity index (χ1n) is 11.0. The van der Waals surface area contributed by atoms with Gasteiger partial charge < -0.3 is 15.6 Å². The third kappa shape index (κ3) is 6.66. The summed E-state index contributed by atoms with van der Waals surface area (Å²) in [6.07, 6.45) is 0.268. The van der Waals surface area contributed by atoms with Gasteiger partial charge in [0, 0.05) is 0 Å². The Balaban J connectivity index is 0.00000228. The van der Waals surface area contributed by atoms with Crippen LogP contribution in [0.3, 0.4) is 0 Å². The van der Waals surface area contributed by atoms with E-state index in [1.807, 2.05) is 38.1 Å². The second-order valence-corrected chi connectivity index (χ2v) is 10.1. The number of sulfonamides is 1. The van der Waals surface area contributed by atoms with Crippen molar-refractivity contribution in [1.82, 2.24) is 4.72 Å². The van der Waals surface area contributed by atoms with Crippen molar-refractivity contribution in [3.8, 4) is 17.2 Å². The van der Waals surface area contributed by atoms with Crippen LogP contribution in [0.5, 0.6) is 17.2 Å². The van der Waals surface area contributed by atoms with Crippen molar-refractivity contribution < 1.29 is 80.2 Å². The van der Waals surface area contributed by atoms with E-state index in [2.05, 4.69) is 4.72 Å². The number of ether oxygens (including phenoxy) is 3. The van der Waals surface area contributed by atoms with Crippen LogP contribution in [0.25, 0.3) is 0 Å². The second kappa shape index (κ2) is 11.9. The minimum Gasteiger partial charge on any atom is -1.00 e. The number of fused-ring (bicyclic) bond motifs is 1. The Bertz CT molecular complexity index is 1300. The van der Waals surface area contributed by atoms with Crippen LogP contribution in [0.4, 0.5) is 0 Å². The van der Waals surface area contributed by atoms with Gasteiger partial charge in [-0.15, -0.1) is 0 Å². The van der Waals surface area contributed by atoms with Crippen LogP contribution >= 0.6 is 0 Å². The van der Waals surface area contributed by atoms with E-state index in [1.165, 1.54) is 12.1 Å². The van der Waals surface area contributed by atoms with Crippen LogP contribution in [0.15, 0.2) is 71.6 Å². The number of amides is 1. The summed E-state index contributed by atoms with van der Waals surface area (Å²) in [5.74, 6) is 0.612. The molecule has 1 aliphatic rings. The number of methoxy groups -OCH3 is 1. The van der Waals surface area contributed by atoms with Crippen molar-refractivity contribution >= 4 is 15.9 Å². The first-order chi connectivity index (χ1) is 16.3. The van der Waals surface area contributed by atoms with E-state index >= 15 is 0 Å². The maximum absolute atomic E-state index is 13.4. The van der Waals surface area contributed by atoms with E-state index in [0.717, 1.165) is 11.1 Å². The summed E-state index contributed by atoms with van der Waals surface area (Å²) in [6.45, 7) is 4.16. The van der Waals surface area contributed by atoms with Crippen molar-refractivity contribution in [2.24, 2.45) is 0 Å². The van der Waals surface area contributed by atoms with E-state index in [0.29, 0.717) is 22.8 Å². The fraction of sp³-hybridized carbons (Fsp3) is 0.269. The molecule has 7 nitrogen and oxygen atoms in total. The van der Waals surface area contributed by atoms with Crippen LogP contribution in [0.2, 0.25) is 0 Å². The zero-order valence-electron chi connectivity index (χ0n) is 21.3. The molecular weight excluding hydrogens is 493 g/mol. The molecule has 0 saturated heterocycles. The van der Waals surface area contributed by atoms with Crippen LogP contribution in [0.1, 0.15) is 43.8 Å². The molecule has 1 aliphatic heterocycles. The summed E-state index contributed by atoms with van der Waals surface area (Å²) >= 11 is 0. The van der Waals surface area contributed by atoms with Gasteiger partial charge in [-0.3, -0.25) is 4.79 Å². The predicted octanol–water partition coefficient (Wildman–Crippen LogP) is 1.50. The van der Waals surface area contributed by atoms with E-state index in [9.17, 15) is 13.2 Å². The standard InChI is InChI=1S/C26H27NO6S.K.H/c1-17(2)19-7-10-22(11-8-19)34(29,30)27-26(28)23(14-18-5-4-6-21(13-18)31-3)20-9-12-24-25(15-20)33-16-32-24;;/h4-13,15,17,23H,14,16H2,1-3H3,(H,27,28);;/q;+1;-1. The first kappa shape index (κ1) is 27.7. The Morgan fingerprint density at radius 2 is 1.69 bits per heavy atom. The SMILES string of the molecule is COc1cccc(CC(C(=O)NS(=O)(=O)c2ccc(C(C)C)cc2)c2ccc3c(c2)OCO3)c1.[H-].[K+]. The van der Waals surface area contributed by atoms with E-state index in [4.69, 9.17) is 14.2 Å². The molecule has 1 N–H and O–H groups in total. The third-order valence-corrected chi connectivity index (χ3v) is 7.14. The van der Waals surface area contributed by atoms with Gasteiger partial charge in [0.05, 0.1) is 17.9 Å². The van der Waals surface area contributed by atoms with Crippen molar-refractivity contribution in [3.05, 3.63) is 83.4 Å². The Labute approximate surface area is 250 Å². The fourth-order valence-corrected chi connectivity index (χ4v) is 4.84. The molecular formula is C26H28KNO6S. The molecule has 1 amide bonds. The second-order valence-electron chi connectivity index (χ2n) is 8.41.